The maximum atomic E-state index is 12.2. The molecule has 1 amide bonds. The van der Waals surface area contributed by atoms with E-state index in [9.17, 15) is 14.9 Å². The van der Waals surface area contributed by atoms with Gasteiger partial charge >= 0.3 is 5.82 Å². The summed E-state index contributed by atoms with van der Waals surface area (Å²) in [4.78, 5) is 23.6. The number of nitrogens with one attached hydrogen (secondary N) is 1. The lowest BCUT2D eigenvalue weighted by atomic mass is 10.2. The minimum absolute atomic E-state index is 0.0183. The zero-order valence-corrected chi connectivity index (χ0v) is 12.0. The fraction of sp³-hybridized carbons (Fsp3) is 0.417. The molecule has 0 spiro atoms. The monoisotopic (exact) mass is 292 g/mol. The number of nitro groups is 1. The van der Waals surface area contributed by atoms with E-state index in [2.05, 4.69) is 15.3 Å². The molecule has 0 aliphatic carbocycles. The first kappa shape index (κ1) is 14.7. The third kappa shape index (κ3) is 3.07. The molecular weight excluding hydrogens is 276 g/mol. The van der Waals surface area contributed by atoms with Crippen LogP contribution in [0.1, 0.15) is 28.7 Å². The van der Waals surface area contributed by atoms with Crippen LogP contribution in [0.4, 0.5) is 5.82 Å². The third-order valence-corrected chi connectivity index (χ3v) is 3.11. The molecule has 0 saturated heterocycles. The highest BCUT2D eigenvalue weighted by molar-refractivity contribution is 5.92. The van der Waals surface area contributed by atoms with Gasteiger partial charge in [-0.05, 0) is 18.8 Å². The van der Waals surface area contributed by atoms with Crippen molar-refractivity contribution in [2.24, 2.45) is 0 Å². The average molecular weight is 292 g/mol. The number of amides is 1. The van der Waals surface area contributed by atoms with Gasteiger partial charge in [-0.15, -0.1) is 5.10 Å². The van der Waals surface area contributed by atoms with Gasteiger partial charge < -0.3 is 15.0 Å². The first-order valence-electron chi connectivity index (χ1n) is 6.40. The zero-order valence-electron chi connectivity index (χ0n) is 12.0. The molecule has 1 N–H and O–H groups in total. The molecule has 112 valence electrons. The molecule has 21 heavy (non-hydrogen) atoms. The van der Waals surface area contributed by atoms with Crippen molar-refractivity contribution in [2.45, 2.75) is 26.9 Å². The normalized spacial score (nSPS) is 10.6. The molecule has 0 radical (unpaired) electrons. The molecule has 9 nitrogen and oxygen atoms in total. The highest BCUT2D eigenvalue weighted by atomic mass is 16.6. The van der Waals surface area contributed by atoms with Crippen LogP contribution in [-0.4, -0.2) is 42.8 Å². The topological polar surface area (TPSA) is 110 Å². The number of aromatic nitrogens is 4. The summed E-state index contributed by atoms with van der Waals surface area (Å²) in [6.07, 6.45) is 1.88. The van der Waals surface area contributed by atoms with Crippen LogP contribution >= 0.6 is 0 Å². The second-order valence-electron chi connectivity index (χ2n) is 4.65. The molecular formula is C12H16N6O3. The van der Waals surface area contributed by atoms with Crippen molar-refractivity contribution in [2.75, 3.05) is 7.05 Å². The molecule has 9 heteroatoms. The Balaban J connectivity index is 2.11. The Morgan fingerprint density at radius 1 is 1.57 bits per heavy atom. The smallest absolute Gasteiger partial charge is 0.343 e. The number of carbonyl (C=O) groups excluding carboxylic acids is 1. The number of aryl methyl sites for hydroxylation is 2. The molecule has 0 aromatic carbocycles. The number of nitrogens with zero attached hydrogens (tertiary/aromatic N) is 5. The summed E-state index contributed by atoms with van der Waals surface area (Å²) in [6, 6.07) is 1.13. The summed E-state index contributed by atoms with van der Waals surface area (Å²) in [6.45, 7) is 4.97. The van der Waals surface area contributed by atoms with Crippen LogP contribution in [0, 0.1) is 17.0 Å². The van der Waals surface area contributed by atoms with E-state index in [0.717, 1.165) is 23.9 Å². The fourth-order valence-corrected chi connectivity index (χ4v) is 1.91. The summed E-state index contributed by atoms with van der Waals surface area (Å²) in [7, 11) is 1.62. The van der Waals surface area contributed by atoms with Crippen LogP contribution in [0.3, 0.4) is 0 Å². The number of rotatable bonds is 5. The Kier molecular flexibility index (Phi) is 4.01. The van der Waals surface area contributed by atoms with Crippen LogP contribution < -0.4 is 0 Å². The highest BCUT2D eigenvalue weighted by Crippen LogP contribution is 2.13. The van der Waals surface area contributed by atoms with Crippen molar-refractivity contribution in [3.8, 4) is 0 Å². The molecule has 0 aliphatic heterocycles. The van der Waals surface area contributed by atoms with Crippen molar-refractivity contribution >= 4 is 11.7 Å². The number of carbonyl (C=O) groups is 1. The predicted octanol–water partition coefficient (Wildman–Crippen LogP) is 1.11. The van der Waals surface area contributed by atoms with Crippen LogP contribution in [0.25, 0.3) is 0 Å². The Morgan fingerprint density at radius 2 is 2.29 bits per heavy atom. The lowest BCUT2D eigenvalue weighted by Crippen LogP contribution is -2.26. The molecule has 2 heterocycles. The van der Waals surface area contributed by atoms with Crippen LogP contribution in [0.2, 0.25) is 0 Å². The first-order chi connectivity index (χ1) is 9.92. The number of hydrogen-bond acceptors (Lipinski definition) is 5. The molecule has 2 rings (SSSR count). The van der Waals surface area contributed by atoms with Crippen molar-refractivity contribution in [1.82, 2.24) is 24.9 Å². The van der Waals surface area contributed by atoms with Crippen molar-refractivity contribution in [1.29, 1.82) is 0 Å². The number of aromatic amines is 1. The maximum Gasteiger partial charge on any atom is 0.343 e. The second-order valence-corrected chi connectivity index (χ2v) is 4.65. The van der Waals surface area contributed by atoms with Gasteiger partial charge in [0.25, 0.3) is 5.91 Å². The van der Waals surface area contributed by atoms with Gasteiger partial charge in [0.2, 0.25) is 0 Å². The second kappa shape index (κ2) is 5.73. The van der Waals surface area contributed by atoms with Gasteiger partial charge in [-0.25, -0.2) is 0 Å². The zero-order chi connectivity index (χ0) is 15.6. The quantitative estimate of drug-likeness (QED) is 0.655. The minimum atomic E-state index is -0.626. The molecule has 2 aromatic heterocycles. The van der Waals surface area contributed by atoms with Gasteiger partial charge in [0.15, 0.2) is 5.69 Å². The van der Waals surface area contributed by atoms with E-state index in [-0.39, 0.29) is 17.4 Å². The van der Waals surface area contributed by atoms with Gasteiger partial charge in [0.1, 0.15) is 0 Å². The van der Waals surface area contributed by atoms with Crippen LogP contribution in [-0.2, 0) is 13.1 Å². The van der Waals surface area contributed by atoms with Crippen molar-refractivity contribution in [3.05, 3.63) is 39.3 Å². The summed E-state index contributed by atoms with van der Waals surface area (Å²) in [5.74, 6) is -0.690. The number of hydrogen-bond donors (Lipinski definition) is 1. The lowest BCUT2D eigenvalue weighted by Gasteiger charge is -2.14. The largest absolute Gasteiger partial charge is 0.358 e. The Hall–Kier alpha value is -2.71. The van der Waals surface area contributed by atoms with Gasteiger partial charge in [0.05, 0.1) is 11.8 Å². The van der Waals surface area contributed by atoms with E-state index in [1.165, 1.54) is 4.90 Å². The molecule has 0 fully saturated rings. The predicted molar refractivity (Wildman–Crippen MR) is 73.7 cm³/mol. The summed E-state index contributed by atoms with van der Waals surface area (Å²) >= 11 is 0. The number of H-pyrrole nitrogens is 1. The highest BCUT2D eigenvalue weighted by Gasteiger charge is 2.20. The van der Waals surface area contributed by atoms with E-state index in [1.807, 2.05) is 20.0 Å². The maximum absolute atomic E-state index is 12.2. The van der Waals surface area contributed by atoms with E-state index in [4.69, 9.17) is 0 Å². The Morgan fingerprint density at radius 3 is 2.81 bits per heavy atom. The van der Waals surface area contributed by atoms with Gasteiger partial charge in [-0.3, -0.25) is 9.48 Å². The van der Waals surface area contributed by atoms with Gasteiger partial charge in [-0.2, -0.15) is 5.10 Å². The molecule has 0 bridgehead atoms. The third-order valence-electron chi connectivity index (χ3n) is 3.11. The molecule has 0 unspecified atom stereocenters. The van der Waals surface area contributed by atoms with E-state index in [1.54, 1.807) is 11.7 Å². The Bertz CT molecular complexity index is 674. The molecule has 2 aromatic rings. The van der Waals surface area contributed by atoms with E-state index < -0.39 is 4.92 Å². The Labute approximate surface area is 120 Å². The van der Waals surface area contributed by atoms with Gasteiger partial charge in [0, 0.05) is 31.9 Å². The fourth-order valence-electron chi connectivity index (χ4n) is 1.91. The van der Waals surface area contributed by atoms with E-state index >= 15 is 0 Å². The standard InChI is InChI=1S/C12H16N6O3/c1-4-17-7-9(8(2)15-17)6-16(3)12(19)10-5-11(14-13-10)18(20)21/h5,7H,4,6H2,1-3H3,(H,13,14). The minimum Gasteiger partial charge on any atom is -0.358 e. The lowest BCUT2D eigenvalue weighted by molar-refractivity contribution is -0.389. The van der Waals surface area contributed by atoms with Gasteiger partial charge in [-0.1, -0.05) is 5.10 Å². The van der Waals surface area contributed by atoms with Crippen LogP contribution in [0.5, 0.6) is 0 Å². The summed E-state index contributed by atoms with van der Waals surface area (Å²) in [5.41, 5.74) is 1.80. The molecule has 0 atom stereocenters. The van der Waals surface area contributed by atoms with E-state index in [0.29, 0.717) is 6.54 Å². The average Bonchev–Trinajstić information content (AvgIpc) is 3.05. The summed E-state index contributed by atoms with van der Waals surface area (Å²) < 4.78 is 1.79. The molecule has 0 saturated carbocycles. The summed E-state index contributed by atoms with van der Waals surface area (Å²) in [5, 5.41) is 20.8. The van der Waals surface area contributed by atoms with Crippen molar-refractivity contribution < 1.29 is 9.72 Å². The first-order valence-corrected chi connectivity index (χ1v) is 6.40. The molecule has 0 aliphatic rings. The van der Waals surface area contributed by atoms with Crippen LogP contribution in [0.15, 0.2) is 12.3 Å². The van der Waals surface area contributed by atoms with Crippen molar-refractivity contribution in [3.63, 3.8) is 0 Å². The SMILES string of the molecule is CCn1cc(CN(C)C(=O)c2cc([N+](=O)[O-])[nH]n2)c(C)n1.